The number of hydrogen-bond donors (Lipinski definition) is 0. The van der Waals surface area contributed by atoms with Crippen LogP contribution >= 0.6 is 0 Å². The number of terminal acetylenes is 1. The van der Waals surface area contributed by atoms with Crippen LogP contribution in [0.5, 0.6) is 0 Å². The van der Waals surface area contributed by atoms with Crippen molar-refractivity contribution in [2.45, 2.75) is 37.5 Å². The van der Waals surface area contributed by atoms with Gasteiger partial charge in [-0.25, -0.2) is 0 Å². The number of carbonyl (C=O) groups is 2. The highest BCUT2D eigenvalue weighted by atomic mass is 16.2. The van der Waals surface area contributed by atoms with E-state index in [0.717, 1.165) is 31.2 Å². The fourth-order valence-corrected chi connectivity index (χ4v) is 3.96. The zero-order valence-electron chi connectivity index (χ0n) is 12.0. The molecule has 0 bridgehead atoms. The van der Waals surface area contributed by atoms with Crippen LogP contribution in [0.2, 0.25) is 0 Å². The number of hydrogen-bond acceptors (Lipinski definition) is 2. The second-order valence-electron chi connectivity index (χ2n) is 6.02. The van der Waals surface area contributed by atoms with Crippen LogP contribution in [0.25, 0.3) is 0 Å². The molecule has 21 heavy (non-hydrogen) atoms. The van der Waals surface area contributed by atoms with Crippen LogP contribution in [0.3, 0.4) is 0 Å². The lowest BCUT2D eigenvalue weighted by Gasteiger charge is -2.48. The third kappa shape index (κ3) is 2.15. The van der Waals surface area contributed by atoms with E-state index < -0.39 is 0 Å². The summed E-state index contributed by atoms with van der Waals surface area (Å²) >= 11 is 0. The minimum Gasteiger partial charge on any atom is -0.274 e. The van der Waals surface area contributed by atoms with Crippen LogP contribution in [-0.2, 0) is 15.0 Å². The summed E-state index contributed by atoms with van der Waals surface area (Å²) in [5.41, 5.74) is 0.801. The summed E-state index contributed by atoms with van der Waals surface area (Å²) in [5, 5.41) is 0. The molecule has 3 heteroatoms. The molecule has 1 aromatic rings. The highest BCUT2D eigenvalue weighted by molar-refractivity contribution is 6.01. The SMILES string of the molecule is C#CCN1C(=O)C[C@@]2(c3ccccc3)CCCC[C@H]2C1=O. The van der Waals surface area contributed by atoms with E-state index in [1.54, 1.807) is 0 Å². The first kappa shape index (κ1) is 13.9. The van der Waals surface area contributed by atoms with Gasteiger partial charge in [0.05, 0.1) is 6.54 Å². The normalized spacial score (nSPS) is 28.9. The first-order valence-corrected chi connectivity index (χ1v) is 7.52. The van der Waals surface area contributed by atoms with Gasteiger partial charge >= 0.3 is 0 Å². The van der Waals surface area contributed by atoms with Gasteiger partial charge in [0.1, 0.15) is 0 Å². The second kappa shape index (κ2) is 5.37. The van der Waals surface area contributed by atoms with Crippen LogP contribution in [0, 0.1) is 18.3 Å². The van der Waals surface area contributed by atoms with Gasteiger partial charge in [0, 0.05) is 17.8 Å². The smallest absolute Gasteiger partial charge is 0.234 e. The molecule has 2 aliphatic rings. The minimum atomic E-state index is -0.321. The summed E-state index contributed by atoms with van der Waals surface area (Å²) in [4.78, 5) is 26.5. The Labute approximate surface area is 125 Å². The molecule has 1 saturated heterocycles. The Balaban J connectivity index is 2.04. The Kier molecular flexibility index (Phi) is 3.55. The molecule has 0 spiro atoms. The van der Waals surface area contributed by atoms with Gasteiger partial charge in [-0.15, -0.1) is 6.42 Å². The lowest BCUT2D eigenvalue weighted by atomic mass is 9.58. The van der Waals surface area contributed by atoms with E-state index in [1.807, 2.05) is 18.2 Å². The van der Waals surface area contributed by atoms with Gasteiger partial charge in [-0.3, -0.25) is 14.5 Å². The van der Waals surface area contributed by atoms with Crippen molar-refractivity contribution in [2.24, 2.45) is 5.92 Å². The van der Waals surface area contributed by atoms with Crippen LogP contribution in [0.15, 0.2) is 30.3 Å². The van der Waals surface area contributed by atoms with Gasteiger partial charge in [-0.05, 0) is 18.4 Å². The van der Waals surface area contributed by atoms with Crippen LogP contribution in [0.4, 0.5) is 0 Å². The third-order valence-corrected chi connectivity index (χ3v) is 4.96. The van der Waals surface area contributed by atoms with Gasteiger partial charge in [0.25, 0.3) is 0 Å². The Morgan fingerprint density at radius 3 is 2.71 bits per heavy atom. The molecular formula is C18H19NO2. The van der Waals surface area contributed by atoms with Gasteiger partial charge in [0.2, 0.25) is 11.8 Å². The fourth-order valence-electron chi connectivity index (χ4n) is 3.96. The maximum absolute atomic E-state index is 12.7. The Bertz CT molecular complexity index is 601. The summed E-state index contributed by atoms with van der Waals surface area (Å²) in [5.74, 6) is 2.12. The van der Waals surface area contributed by atoms with Crippen molar-refractivity contribution in [3.05, 3.63) is 35.9 Å². The molecule has 2 amide bonds. The van der Waals surface area contributed by atoms with Crippen molar-refractivity contribution < 1.29 is 9.59 Å². The number of imide groups is 1. The quantitative estimate of drug-likeness (QED) is 0.617. The molecular weight excluding hydrogens is 262 g/mol. The molecule has 1 saturated carbocycles. The van der Waals surface area contributed by atoms with Crippen molar-refractivity contribution in [2.75, 3.05) is 6.54 Å². The number of fused-ring (bicyclic) bond motifs is 1. The van der Waals surface area contributed by atoms with Gasteiger partial charge in [-0.1, -0.05) is 49.1 Å². The van der Waals surface area contributed by atoms with E-state index in [9.17, 15) is 9.59 Å². The molecule has 0 unspecified atom stereocenters. The summed E-state index contributed by atoms with van der Waals surface area (Å²) in [6, 6.07) is 10.0. The molecule has 2 fully saturated rings. The van der Waals surface area contributed by atoms with E-state index in [1.165, 1.54) is 4.90 Å². The van der Waals surface area contributed by atoms with E-state index >= 15 is 0 Å². The number of likely N-dealkylation sites (tertiary alicyclic amines) is 1. The second-order valence-corrected chi connectivity index (χ2v) is 6.02. The van der Waals surface area contributed by atoms with Crippen molar-refractivity contribution in [1.82, 2.24) is 4.90 Å². The lowest BCUT2D eigenvalue weighted by Crippen LogP contribution is -2.57. The molecule has 1 aliphatic heterocycles. The van der Waals surface area contributed by atoms with Crippen LogP contribution < -0.4 is 0 Å². The summed E-state index contributed by atoms with van der Waals surface area (Å²) in [6.45, 7) is 0.0963. The fraction of sp³-hybridized carbons (Fsp3) is 0.444. The molecule has 0 aromatic heterocycles. The zero-order valence-corrected chi connectivity index (χ0v) is 12.0. The molecule has 1 heterocycles. The first-order chi connectivity index (χ1) is 10.2. The van der Waals surface area contributed by atoms with Crippen molar-refractivity contribution in [3.63, 3.8) is 0 Å². The molecule has 0 N–H and O–H groups in total. The topological polar surface area (TPSA) is 37.4 Å². The first-order valence-electron chi connectivity index (χ1n) is 7.52. The van der Waals surface area contributed by atoms with Gasteiger partial charge in [-0.2, -0.15) is 0 Å². The number of rotatable bonds is 2. The standard InChI is InChI=1S/C18H19NO2/c1-2-12-19-16(20)13-18(14-8-4-3-5-9-14)11-7-6-10-15(18)17(19)21/h1,3-5,8-9,15H,6-7,10-13H2/t15-,18+/m0/s1. The van der Waals surface area contributed by atoms with E-state index in [2.05, 4.69) is 18.1 Å². The highest BCUT2D eigenvalue weighted by Gasteiger charge is 2.53. The summed E-state index contributed by atoms with van der Waals surface area (Å²) in [7, 11) is 0. The predicted molar refractivity (Wildman–Crippen MR) is 80.2 cm³/mol. The Hall–Kier alpha value is -2.08. The number of benzene rings is 1. The van der Waals surface area contributed by atoms with Gasteiger partial charge in [0.15, 0.2) is 0 Å². The molecule has 108 valence electrons. The monoisotopic (exact) mass is 281 g/mol. The average molecular weight is 281 g/mol. The molecule has 1 aliphatic carbocycles. The number of piperidine rings is 1. The zero-order chi connectivity index (χ0) is 14.9. The molecule has 3 rings (SSSR count). The lowest BCUT2D eigenvalue weighted by molar-refractivity contribution is -0.156. The summed E-state index contributed by atoms with van der Waals surface area (Å²) in [6.07, 6.45) is 9.57. The molecule has 2 atom stereocenters. The molecule has 1 aromatic carbocycles. The summed E-state index contributed by atoms with van der Waals surface area (Å²) < 4.78 is 0. The molecule has 0 radical (unpaired) electrons. The minimum absolute atomic E-state index is 0.0762. The van der Waals surface area contributed by atoms with Crippen molar-refractivity contribution in [1.29, 1.82) is 0 Å². The van der Waals surface area contributed by atoms with Crippen LogP contribution in [0.1, 0.15) is 37.7 Å². The van der Waals surface area contributed by atoms with Crippen molar-refractivity contribution >= 4 is 11.8 Å². The van der Waals surface area contributed by atoms with E-state index in [4.69, 9.17) is 6.42 Å². The Morgan fingerprint density at radius 1 is 1.24 bits per heavy atom. The average Bonchev–Trinajstić information content (AvgIpc) is 2.52. The van der Waals surface area contributed by atoms with Crippen molar-refractivity contribution in [3.8, 4) is 12.3 Å². The number of carbonyl (C=O) groups excluding carboxylic acids is 2. The Morgan fingerprint density at radius 2 is 2.00 bits per heavy atom. The third-order valence-electron chi connectivity index (χ3n) is 4.96. The maximum atomic E-state index is 12.7. The maximum Gasteiger partial charge on any atom is 0.234 e. The predicted octanol–water partition coefficient (Wildman–Crippen LogP) is 2.51. The molecule has 3 nitrogen and oxygen atoms in total. The highest BCUT2D eigenvalue weighted by Crippen LogP contribution is 2.49. The number of amides is 2. The van der Waals surface area contributed by atoms with E-state index in [-0.39, 0.29) is 29.7 Å². The van der Waals surface area contributed by atoms with E-state index in [0.29, 0.717) is 6.42 Å². The largest absolute Gasteiger partial charge is 0.274 e. The van der Waals surface area contributed by atoms with Crippen LogP contribution in [-0.4, -0.2) is 23.3 Å². The van der Waals surface area contributed by atoms with Gasteiger partial charge < -0.3 is 0 Å². The number of nitrogens with zero attached hydrogens (tertiary/aromatic N) is 1.